The largest absolute Gasteiger partial charge is 0.352 e. The van der Waals surface area contributed by atoms with Crippen LogP contribution in [0, 0.1) is 0 Å². The molecule has 2 N–H and O–H groups in total. The third kappa shape index (κ3) is 3.48. The first-order valence-corrected chi connectivity index (χ1v) is 8.08. The second-order valence-corrected chi connectivity index (χ2v) is 6.48. The van der Waals surface area contributed by atoms with Crippen LogP contribution in [0.15, 0.2) is 0 Å². The van der Waals surface area contributed by atoms with E-state index in [0.717, 1.165) is 6.04 Å². The van der Waals surface area contributed by atoms with Crippen LogP contribution in [-0.4, -0.2) is 48.6 Å². The van der Waals surface area contributed by atoms with E-state index in [1.165, 1.54) is 64.5 Å². The number of hydrogen-bond donors (Lipinski definition) is 2. The van der Waals surface area contributed by atoms with E-state index in [-0.39, 0.29) is 5.91 Å². The van der Waals surface area contributed by atoms with Gasteiger partial charge in [-0.1, -0.05) is 12.8 Å². The molecule has 3 fully saturated rings. The van der Waals surface area contributed by atoms with Gasteiger partial charge in [0.25, 0.3) is 0 Å². The molecule has 3 aliphatic rings. The predicted octanol–water partition coefficient (Wildman–Crippen LogP) is 1.26. The first-order valence-electron chi connectivity index (χ1n) is 8.08. The maximum atomic E-state index is 11.9. The van der Waals surface area contributed by atoms with Crippen molar-refractivity contribution in [2.45, 2.75) is 69.5 Å². The summed E-state index contributed by atoms with van der Waals surface area (Å²) >= 11 is 0. The lowest BCUT2D eigenvalue weighted by molar-refractivity contribution is -0.121. The van der Waals surface area contributed by atoms with Crippen LogP contribution in [0.25, 0.3) is 0 Å². The highest BCUT2D eigenvalue weighted by atomic mass is 16.2. The Morgan fingerprint density at radius 1 is 1.00 bits per heavy atom. The summed E-state index contributed by atoms with van der Waals surface area (Å²) in [5.41, 5.74) is 0. The van der Waals surface area contributed by atoms with Gasteiger partial charge in [-0.05, 0) is 51.6 Å². The summed E-state index contributed by atoms with van der Waals surface area (Å²) in [5, 5.41) is 6.62. The highest BCUT2D eigenvalue weighted by molar-refractivity contribution is 5.78. The lowest BCUT2D eigenvalue weighted by Crippen LogP contribution is -2.48. The van der Waals surface area contributed by atoms with E-state index in [1.807, 2.05) is 0 Å². The summed E-state index contributed by atoms with van der Waals surface area (Å²) in [7, 11) is 0. The van der Waals surface area contributed by atoms with Gasteiger partial charge in [0.1, 0.15) is 0 Å². The maximum absolute atomic E-state index is 11.9. The van der Waals surface area contributed by atoms with Gasteiger partial charge < -0.3 is 15.5 Å². The topological polar surface area (TPSA) is 44.4 Å². The van der Waals surface area contributed by atoms with Crippen LogP contribution in [0.4, 0.5) is 0 Å². The minimum Gasteiger partial charge on any atom is -0.352 e. The molecule has 2 unspecified atom stereocenters. The highest BCUT2D eigenvalue weighted by Crippen LogP contribution is 2.26. The van der Waals surface area contributed by atoms with E-state index in [4.69, 9.17) is 0 Å². The molecule has 3 rings (SSSR count). The lowest BCUT2D eigenvalue weighted by atomic mass is 9.97. The van der Waals surface area contributed by atoms with Gasteiger partial charge in [0, 0.05) is 18.1 Å². The van der Waals surface area contributed by atoms with E-state index < -0.39 is 0 Å². The molecular weight excluding hydrogens is 238 g/mol. The van der Waals surface area contributed by atoms with Crippen molar-refractivity contribution in [1.29, 1.82) is 0 Å². The van der Waals surface area contributed by atoms with Gasteiger partial charge in [-0.25, -0.2) is 0 Å². The average molecular weight is 265 g/mol. The number of piperidine rings is 1. The predicted molar refractivity (Wildman–Crippen MR) is 76.0 cm³/mol. The zero-order valence-electron chi connectivity index (χ0n) is 11.9. The molecule has 0 spiro atoms. The number of hydrogen-bond acceptors (Lipinski definition) is 3. The minimum absolute atomic E-state index is 0.195. The van der Waals surface area contributed by atoms with Gasteiger partial charge in [-0.2, -0.15) is 0 Å². The van der Waals surface area contributed by atoms with Crippen LogP contribution >= 0.6 is 0 Å². The monoisotopic (exact) mass is 265 g/mol. The second kappa shape index (κ2) is 6.23. The van der Waals surface area contributed by atoms with Crippen molar-refractivity contribution in [3.05, 3.63) is 0 Å². The normalized spacial score (nSPS) is 32.4. The molecule has 19 heavy (non-hydrogen) atoms. The average Bonchev–Trinajstić information content (AvgIpc) is 3.06. The number of carbonyl (C=O) groups is 1. The third-order valence-corrected chi connectivity index (χ3v) is 5.09. The molecule has 2 saturated heterocycles. The minimum atomic E-state index is 0.195. The van der Waals surface area contributed by atoms with E-state index in [0.29, 0.717) is 18.6 Å². The smallest absolute Gasteiger partial charge is 0.234 e. The van der Waals surface area contributed by atoms with Crippen LogP contribution in [-0.2, 0) is 4.79 Å². The van der Waals surface area contributed by atoms with Crippen molar-refractivity contribution >= 4 is 5.91 Å². The summed E-state index contributed by atoms with van der Waals surface area (Å²) in [6.07, 6.45) is 10.0. The molecule has 1 aliphatic carbocycles. The molecule has 108 valence electrons. The van der Waals surface area contributed by atoms with Crippen LogP contribution < -0.4 is 10.6 Å². The molecule has 4 heteroatoms. The zero-order chi connectivity index (χ0) is 13.1. The van der Waals surface area contributed by atoms with Crippen LogP contribution in [0.1, 0.15) is 51.4 Å². The molecule has 2 atom stereocenters. The Labute approximate surface area is 116 Å². The Morgan fingerprint density at radius 2 is 1.84 bits per heavy atom. The molecule has 0 radical (unpaired) electrons. The van der Waals surface area contributed by atoms with Crippen LogP contribution in [0.2, 0.25) is 0 Å². The van der Waals surface area contributed by atoms with Gasteiger partial charge in [0.15, 0.2) is 0 Å². The SMILES string of the molecule is O=C(CNC1CCN2CCCC2C1)NC1CCCC1. The Kier molecular flexibility index (Phi) is 4.38. The van der Waals surface area contributed by atoms with Gasteiger partial charge in [-0.15, -0.1) is 0 Å². The second-order valence-electron chi connectivity index (χ2n) is 6.48. The summed E-state index contributed by atoms with van der Waals surface area (Å²) in [4.78, 5) is 14.5. The van der Waals surface area contributed by atoms with Crippen molar-refractivity contribution < 1.29 is 4.79 Å². The fourth-order valence-corrected chi connectivity index (χ4v) is 4.00. The van der Waals surface area contributed by atoms with Crippen LogP contribution in [0.3, 0.4) is 0 Å². The van der Waals surface area contributed by atoms with Crippen molar-refractivity contribution in [3.8, 4) is 0 Å². The Bertz CT molecular complexity index is 315. The van der Waals surface area contributed by atoms with Crippen molar-refractivity contribution in [1.82, 2.24) is 15.5 Å². The van der Waals surface area contributed by atoms with Gasteiger partial charge in [-0.3, -0.25) is 4.79 Å². The molecule has 2 aliphatic heterocycles. The van der Waals surface area contributed by atoms with Crippen LogP contribution in [0.5, 0.6) is 0 Å². The summed E-state index contributed by atoms with van der Waals surface area (Å²) in [6, 6.07) is 1.78. The van der Waals surface area contributed by atoms with Gasteiger partial charge in [0.05, 0.1) is 6.54 Å². The molecule has 1 amide bonds. The highest BCUT2D eigenvalue weighted by Gasteiger charge is 2.31. The summed E-state index contributed by atoms with van der Waals surface area (Å²) in [5.74, 6) is 0.195. The number of amides is 1. The first-order chi connectivity index (χ1) is 9.31. The standard InChI is InChI=1S/C15H27N3O/c19-15(17-12-4-1-2-5-12)11-16-13-7-9-18-8-3-6-14(18)10-13/h12-14,16H,1-11H2,(H,17,19). The van der Waals surface area contributed by atoms with E-state index >= 15 is 0 Å². The number of nitrogens with one attached hydrogen (secondary N) is 2. The lowest BCUT2D eigenvalue weighted by Gasteiger charge is -2.35. The van der Waals surface area contributed by atoms with Gasteiger partial charge in [0.2, 0.25) is 5.91 Å². The summed E-state index contributed by atoms with van der Waals surface area (Å²) < 4.78 is 0. The van der Waals surface area contributed by atoms with Crippen molar-refractivity contribution in [2.75, 3.05) is 19.6 Å². The Balaban J connectivity index is 1.36. The van der Waals surface area contributed by atoms with E-state index in [2.05, 4.69) is 15.5 Å². The van der Waals surface area contributed by atoms with E-state index in [1.54, 1.807) is 0 Å². The number of carbonyl (C=O) groups excluding carboxylic acids is 1. The molecule has 2 heterocycles. The Morgan fingerprint density at radius 3 is 2.68 bits per heavy atom. The maximum Gasteiger partial charge on any atom is 0.234 e. The van der Waals surface area contributed by atoms with Crippen molar-refractivity contribution in [2.24, 2.45) is 0 Å². The Hall–Kier alpha value is -0.610. The third-order valence-electron chi connectivity index (χ3n) is 5.09. The van der Waals surface area contributed by atoms with Gasteiger partial charge >= 0.3 is 0 Å². The first kappa shape index (κ1) is 13.4. The van der Waals surface area contributed by atoms with E-state index in [9.17, 15) is 4.79 Å². The molecule has 1 saturated carbocycles. The fraction of sp³-hybridized carbons (Fsp3) is 0.933. The van der Waals surface area contributed by atoms with Crippen molar-refractivity contribution in [3.63, 3.8) is 0 Å². The molecule has 0 bridgehead atoms. The molecule has 0 aromatic rings. The molecule has 0 aromatic carbocycles. The molecular formula is C15H27N3O. The number of fused-ring (bicyclic) bond motifs is 1. The number of nitrogens with zero attached hydrogens (tertiary/aromatic N) is 1. The molecule has 0 aromatic heterocycles. The molecule has 4 nitrogen and oxygen atoms in total. The quantitative estimate of drug-likeness (QED) is 0.804. The number of rotatable bonds is 4. The summed E-state index contributed by atoms with van der Waals surface area (Å²) in [6.45, 7) is 3.01. The zero-order valence-corrected chi connectivity index (χ0v) is 11.9. The fourth-order valence-electron chi connectivity index (χ4n) is 4.00.